The number of carbonyl (C=O) groups excluding carboxylic acids is 2. The number of benzene rings is 3. The van der Waals surface area contributed by atoms with E-state index < -0.39 is 5.97 Å². The van der Waals surface area contributed by atoms with Crippen molar-refractivity contribution >= 4 is 34.5 Å². The first-order chi connectivity index (χ1) is 21.4. The van der Waals surface area contributed by atoms with E-state index in [1.165, 1.54) is 18.9 Å². The van der Waals surface area contributed by atoms with Gasteiger partial charge in [-0.3, -0.25) is 14.2 Å². The van der Waals surface area contributed by atoms with E-state index in [-0.39, 0.29) is 11.5 Å². The van der Waals surface area contributed by atoms with Gasteiger partial charge in [0.25, 0.3) is 11.5 Å². The molecule has 1 fully saturated rings. The maximum absolute atomic E-state index is 13.2. The predicted octanol–water partition coefficient (Wildman–Crippen LogP) is 4.13. The van der Waals surface area contributed by atoms with Gasteiger partial charge >= 0.3 is 5.97 Å². The molecule has 3 heterocycles. The molecular weight excluding hydrogens is 556 g/mol. The van der Waals surface area contributed by atoms with Gasteiger partial charge in [-0.15, -0.1) is 0 Å². The normalized spacial score (nSPS) is 13.1. The SMILES string of the molecule is COC(=O)c1ccc(CNC(=O)c2ccc(-n3c(=O)ccc4c(C)nc(N5CCN(c6ccccc6)CC5)nc43)cc2)cc1. The molecule has 3 aromatic carbocycles. The molecule has 44 heavy (non-hydrogen) atoms. The summed E-state index contributed by atoms with van der Waals surface area (Å²) in [6.07, 6.45) is 0. The van der Waals surface area contributed by atoms with Crippen LogP contribution in [0.3, 0.4) is 0 Å². The van der Waals surface area contributed by atoms with Crippen LogP contribution in [0.15, 0.2) is 95.8 Å². The van der Waals surface area contributed by atoms with Gasteiger partial charge < -0.3 is 19.9 Å². The van der Waals surface area contributed by atoms with Crippen molar-refractivity contribution in [3.05, 3.63) is 124 Å². The van der Waals surface area contributed by atoms with Crippen LogP contribution in [0.4, 0.5) is 11.6 Å². The standard InChI is InChI=1S/C34H32N6O4/c1-23-29-16-17-30(41)40(31(29)37-34(36-23)39-20-18-38(19-21-39)27-6-4-3-5-7-27)28-14-12-25(13-15-28)32(42)35-22-24-8-10-26(11-9-24)33(43)44-2/h3-17H,18-22H2,1-2H3,(H,35,42). The number of anilines is 2. The van der Waals surface area contributed by atoms with Crippen LogP contribution in [0.5, 0.6) is 0 Å². The first-order valence-corrected chi connectivity index (χ1v) is 14.4. The Morgan fingerprint density at radius 2 is 1.43 bits per heavy atom. The summed E-state index contributed by atoms with van der Waals surface area (Å²) in [6.45, 7) is 5.43. The fourth-order valence-corrected chi connectivity index (χ4v) is 5.37. The van der Waals surface area contributed by atoms with Gasteiger partial charge in [0.2, 0.25) is 5.95 Å². The minimum Gasteiger partial charge on any atom is -0.465 e. The summed E-state index contributed by atoms with van der Waals surface area (Å²) in [7, 11) is 1.33. The lowest BCUT2D eigenvalue weighted by Gasteiger charge is -2.36. The van der Waals surface area contributed by atoms with E-state index in [9.17, 15) is 14.4 Å². The number of fused-ring (bicyclic) bond motifs is 1. The average molecular weight is 589 g/mol. The largest absolute Gasteiger partial charge is 0.465 e. The molecule has 1 aliphatic rings. The fraction of sp³-hybridized carbons (Fsp3) is 0.206. The number of methoxy groups -OCH3 is 1. The van der Waals surface area contributed by atoms with Crippen molar-refractivity contribution in [1.29, 1.82) is 0 Å². The maximum Gasteiger partial charge on any atom is 0.337 e. The summed E-state index contributed by atoms with van der Waals surface area (Å²) < 4.78 is 6.29. The fourth-order valence-electron chi connectivity index (χ4n) is 5.37. The third-order valence-electron chi connectivity index (χ3n) is 7.83. The summed E-state index contributed by atoms with van der Waals surface area (Å²) in [4.78, 5) is 51.9. The summed E-state index contributed by atoms with van der Waals surface area (Å²) in [5.41, 5.74) is 4.64. The molecule has 10 heteroatoms. The van der Waals surface area contributed by atoms with Crippen LogP contribution in [0.1, 0.15) is 32.0 Å². The van der Waals surface area contributed by atoms with Crippen LogP contribution in [0.25, 0.3) is 16.7 Å². The van der Waals surface area contributed by atoms with Crippen molar-refractivity contribution in [2.45, 2.75) is 13.5 Å². The topological polar surface area (TPSA) is 110 Å². The molecule has 1 amide bonds. The molecule has 0 bridgehead atoms. The van der Waals surface area contributed by atoms with Crippen molar-refractivity contribution in [1.82, 2.24) is 19.9 Å². The Morgan fingerprint density at radius 3 is 2.11 bits per heavy atom. The molecule has 5 aromatic rings. The summed E-state index contributed by atoms with van der Waals surface area (Å²) in [5.74, 6) is -0.0721. The number of pyridine rings is 1. The smallest absolute Gasteiger partial charge is 0.337 e. The van der Waals surface area contributed by atoms with E-state index >= 15 is 0 Å². The molecule has 2 aromatic heterocycles. The summed E-state index contributed by atoms with van der Waals surface area (Å²) in [6, 6.07) is 27.3. The van der Waals surface area contributed by atoms with Crippen molar-refractivity contribution < 1.29 is 14.3 Å². The molecule has 1 N–H and O–H groups in total. The molecule has 10 nitrogen and oxygen atoms in total. The van der Waals surface area contributed by atoms with E-state index in [4.69, 9.17) is 14.7 Å². The third kappa shape index (κ3) is 5.87. The van der Waals surface area contributed by atoms with Gasteiger partial charge in [0.15, 0.2) is 5.65 Å². The maximum atomic E-state index is 13.2. The molecule has 1 aliphatic heterocycles. The molecule has 0 saturated carbocycles. The zero-order valence-electron chi connectivity index (χ0n) is 24.6. The lowest BCUT2D eigenvalue weighted by atomic mass is 10.1. The number of rotatable bonds is 7. The van der Waals surface area contributed by atoms with Crippen molar-refractivity contribution in [3.8, 4) is 5.69 Å². The van der Waals surface area contributed by atoms with Gasteiger partial charge in [0.05, 0.1) is 24.1 Å². The van der Waals surface area contributed by atoms with Crippen LogP contribution in [-0.4, -0.2) is 59.7 Å². The second-order valence-electron chi connectivity index (χ2n) is 10.6. The monoisotopic (exact) mass is 588 g/mol. The van der Waals surface area contributed by atoms with Crippen LogP contribution in [0, 0.1) is 6.92 Å². The third-order valence-corrected chi connectivity index (χ3v) is 7.83. The zero-order valence-corrected chi connectivity index (χ0v) is 24.6. The number of hydrogen-bond acceptors (Lipinski definition) is 8. The minimum absolute atomic E-state index is 0.219. The predicted molar refractivity (Wildman–Crippen MR) is 170 cm³/mol. The first-order valence-electron chi connectivity index (χ1n) is 14.4. The van der Waals surface area contributed by atoms with Crippen LogP contribution in [-0.2, 0) is 11.3 Å². The van der Waals surface area contributed by atoms with Gasteiger partial charge in [-0.2, -0.15) is 4.98 Å². The Hall–Kier alpha value is -5.51. The number of carbonyl (C=O) groups is 2. The second kappa shape index (κ2) is 12.4. The molecule has 0 atom stereocenters. The zero-order chi connectivity index (χ0) is 30.6. The number of esters is 1. The Bertz CT molecular complexity index is 1860. The Labute approximate surface area is 254 Å². The molecule has 6 rings (SSSR count). The number of amides is 1. The molecule has 0 unspecified atom stereocenters. The number of nitrogens with one attached hydrogen (secondary N) is 1. The van der Waals surface area contributed by atoms with Gasteiger partial charge in [-0.05, 0) is 67.1 Å². The highest BCUT2D eigenvalue weighted by atomic mass is 16.5. The molecule has 0 radical (unpaired) electrons. The van der Waals surface area contributed by atoms with Crippen molar-refractivity contribution in [3.63, 3.8) is 0 Å². The number of piperazine rings is 1. The van der Waals surface area contributed by atoms with Gasteiger partial charge in [-0.1, -0.05) is 30.3 Å². The van der Waals surface area contributed by atoms with Gasteiger partial charge in [0, 0.05) is 55.4 Å². The molecule has 0 spiro atoms. The highest BCUT2D eigenvalue weighted by molar-refractivity contribution is 5.94. The van der Waals surface area contributed by atoms with Gasteiger partial charge in [-0.25, -0.2) is 9.78 Å². The van der Waals surface area contributed by atoms with E-state index in [1.807, 2.05) is 25.1 Å². The lowest BCUT2D eigenvalue weighted by molar-refractivity contribution is 0.0600. The first kappa shape index (κ1) is 28.6. The van der Waals surface area contributed by atoms with E-state index in [0.29, 0.717) is 35.0 Å². The average Bonchev–Trinajstić information content (AvgIpc) is 3.07. The van der Waals surface area contributed by atoms with E-state index in [0.717, 1.165) is 42.8 Å². The summed E-state index contributed by atoms with van der Waals surface area (Å²) >= 11 is 0. The van der Waals surface area contributed by atoms with E-state index in [2.05, 4.69) is 27.2 Å². The molecular formula is C34H32N6O4. The lowest BCUT2D eigenvalue weighted by Crippen LogP contribution is -2.47. The number of para-hydroxylation sites is 1. The molecule has 1 saturated heterocycles. The number of nitrogens with zero attached hydrogens (tertiary/aromatic N) is 5. The minimum atomic E-state index is -0.412. The summed E-state index contributed by atoms with van der Waals surface area (Å²) in [5, 5.41) is 3.68. The van der Waals surface area contributed by atoms with Crippen molar-refractivity contribution in [2.75, 3.05) is 43.1 Å². The number of aryl methyl sites for hydroxylation is 1. The Morgan fingerprint density at radius 1 is 0.773 bits per heavy atom. The van der Waals surface area contributed by atoms with Crippen LogP contribution < -0.4 is 20.7 Å². The van der Waals surface area contributed by atoms with E-state index in [1.54, 1.807) is 59.2 Å². The highest BCUT2D eigenvalue weighted by Gasteiger charge is 2.21. The van der Waals surface area contributed by atoms with Crippen molar-refractivity contribution in [2.24, 2.45) is 0 Å². The van der Waals surface area contributed by atoms with Gasteiger partial charge in [0.1, 0.15) is 0 Å². The second-order valence-corrected chi connectivity index (χ2v) is 10.6. The highest BCUT2D eigenvalue weighted by Crippen LogP contribution is 2.23. The number of ether oxygens (including phenoxy) is 1. The number of aromatic nitrogens is 3. The van der Waals surface area contributed by atoms with Crippen LogP contribution in [0.2, 0.25) is 0 Å². The molecule has 222 valence electrons. The number of hydrogen-bond donors (Lipinski definition) is 1. The Kier molecular flexibility index (Phi) is 8.05. The Balaban J connectivity index is 1.20. The molecule has 0 aliphatic carbocycles. The van der Waals surface area contributed by atoms with Crippen LogP contribution >= 0.6 is 0 Å². The quantitative estimate of drug-likeness (QED) is 0.283.